The summed E-state index contributed by atoms with van der Waals surface area (Å²) in [5.74, 6) is -3.58. The highest BCUT2D eigenvalue weighted by Crippen LogP contribution is 2.06. The van der Waals surface area contributed by atoms with Gasteiger partial charge in [-0.05, 0) is 18.4 Å². The molecule has 21 heavy (non-hydrogen) atoms. The third kappa shape index (κ3) is 6.05. The lowest BCUT2D eigenvalue weighted by atomic mass is 10.0. The van der Waals surface area contributed by atoms with Crippen LogP contribution in [0.4, 0.5) is 0 Å². The number of rotatable bonds is 9. The fraction of sp³-hybridized carbons (Fsp3) is 0.357. The maximum absolute atomic E-state index is 11.2. The van der Waals surface area contributed by atoms with Gasteiger partial charge in [0.25, 0.3) is 0 Å². The summed E-state index contributed by atoms with van der Waals surface area (Å²) in [4.78, 5) is 32.8. The van der Waals surface area contributed by atoms with Crippen LogP contribution in [-0.4, -0.2) is 45.3 Å². The highest BCUT2D eigenvalue weighted by atomic mass is 16.4. The zero-order valence-electron chi connectivity index (χ0n) is 11.2. The molecule has 0 fully saturated rings. The Morgan fingerprint density at radius 2 is 1.52 bits per heavy atom. The van der Waals surface area contributed by atoms with Crippen molar-refractivity contribution in [3.05, 3.63) is 35.9 Å². The number of carbonyl (C=O) groups is 3. The Labute approximate surface area is 121 Å². The van der Waals surface area contributed by atoms with E-state index >= 15 is 0 Å². The molecule has 0 radical (unpaired) electrons. The van der Waals surface area contributed by atoms with E-state index in [1.807, 2.05) is 0 Å². The highest BCUT2D eigenvalue weighted by molar-refractivity contribution is 5.78. The van der Waals surface area contributed by atoms with Crippen LogP contribution in [0.15, 0.2) is 30.3 Å². The molecular weight excluding hydrogens is 278 g/mol. The first kappa shape index (κ1) is 16.6. The van der Waals surface area contributed by atoms with E-state index in [0.29, 0.717) is 0 Å². The van der Waals surface area contributed by atoms with Crippen molar-refractivity contribution in [1.82, 2.24) is 5.32 Å². The molecule has 0 aliphatic heterocycles. The largest absolute Gasteiger partial charge is 0.481 e. The molecule has 0 bridgehead atoms. The molecule has 1 aromatic carbocycles. The fourth-order valence-electron chi connectivity index (χ4n) is 1.86. The molecule has 1 aromatic rings. The van der Waals surface area contributed by atoms with E-state index in [-0.39, 0.29) is 19.3 Å². The van der Waals surface area contributed by atoms with Gasteiger partial charge in [-0.2, -0.15) is 0 Å². The van der Waals surface area contributed by atoms with Crippen LogP contribution in [0.2, 0.25) is 0 Å². The minimum absolute atomic E-state index is 0.118. The van der Waals surface area contributed by atoms with Crippen molar-refractivity contribution in [1.29, 1.82) is 0 Å². The Kier molecular flexibility index (Phi) is 6.35. The van der Waals surface area contributed by atoms with Gasteiger partial charge in [0.2, 0.25) is 0 Å². The Morgan fingerprint density at radius 3 is 2.00 bits per heavy atom. The number of hydrogen-bond donors (Lipinski definition) is 4. The summed E-state index contributed by atoms with van der Waals surface area (Å²) in [6, 6.07) is 6.48. The van der Waals surface area contributed by atoms with Crippen LogP contribution in [0.5, 0.6) is 0 Å². The summed E-state index contributed by atoms with van der Waals surface area (Å²) >= 11 is 0. The van der Waals surface area contributed by atoms with Gasteiger partial charge in [0.05, 0.1) is 0 Å². The Bertz CT molecular complexity index is 501. The van der Waals surface area contributed by atoms with Gasteiger partial charge in [-0.1, -0.05) is 30.3 Å². The smallest absolute Gasteiger partial charge is 0.321 e. The SMILES string of the molecule is O=C(O)CCC(NC(Cc1ccccc1)C(=O)O)C(=O)O. The molecule has 2 atom stereocenters. The molecule has 0 saturated heterocycles. The van der Waals surface area contributed by atoms with E-state index < -0.39 is 30.0 Å². The zero-order valence-corrected chi connectivity index (χ0v) is 11.2. The van der Waals surface area contributed by atoms with Crippen LogP contribution < -0.4 is 5.32 Å². The Hall–Kier alpha value is -2.41. The van der Waals surface area contributed by atoms with Gasteiger partial charge >= 0.3 is 17.9 Å². The summed E-state index contributed by atoms with van der Waals surface area (Å²) < 4.78 is 0. The lowest BCUT2D eigenvalue weighted by Crippen LogP contribution is -2.48. The Balaban J connectivity index is 2.72. The van der Waals surface area contributed by atoms with Gasteiger partial charge < -0.3 is 15.3 Å². The number of benzene rings is 1. The number of hydrogen-bond acceptors (Lipinski definition) is 4. The second-order valence-corrected chi connectivity index (χ2v) is 4.57. The third-order valence-electron chi connectivity index (χ3n) is 2.93. The van der Waals surface area contributed by atoms with Crippen molar-refractivity contribution in [2.45, 2.75) is 31.3 Å². The minimum atomic E-state index is -1.27. The van der Waals surface area contributed by atoms with Gasteiger partial charge in [0, 0.05) is 6.42 Å². The molecule has 114 valence electrons. The summed E-state index contributed by atoms with van der Waals surface area (Å²) in [6.07, 6.45) is -0.405. The molecule has 1 rings (SSSR count). The number of aliphatic carboxylic acids is 3. The van der Waals surface area contributed by atoms with Gasteiger partial charge in [0.1, 0.15) is 12.1 Å². The van der Waals surface area contributed by atoms with Crippen LogP contribution in [0.3, 0.4) is 0 Å². The van der Waals surface area contributed by atoms with Crippen LogP contribution in [0.25, 0.3) is 0 Å². The molecule has 0 aromatic heterocycles. The lowest BCUT2D eigenvalue weighted by Gasteiger charge is -2.20. The highest BCUT2D eigenvalue weighted by Gasteiger charge is 2.26. The first-order valence-corrected chi connectivity index (χ1v) is 6.37. The van der Waals surface area contributed by atoms with Crippen LogP contribution in [0, 0.1) is 0 Å². The van der Waals surface area contributed by atoms with E-state index in [2.05, 4.69) is 5.32 Å². The number of nitrogens with one attached hydrogen (secondary N) is 1. The average molecular weight is 295 g/mol. The normalized spacial score (nSPS) is 13.3. The number of carboxylic acid groups (broad SMARTS) is 3. The van der Waals surface area contributed by atoms with Gasteiger partial charge in [0.15, 0.2) is 0 Å². The van der Waals surface area contributed by atoms with Gasteiger partial charge in [-0.15, -0.1) is 0 Å². The molecule has 7 heteroatoms. The summed E-state index contributed by atoms with van der Waals surface area (Å²) in [6.45, 7) is 0. The van der Waals surface area contributed by atoms with Crippen molar-refractivity contribution >= 4 is 17.9 Å². The monoisotopic (exact) mass is 295 g/mol. The minimum Gasteiger partial charge on any atom is -0.481 e. The number of carboxylic acids is 3. The van der Waals surface area contributed by atoms with Crippen LogP contribution in [-0.2, 0) is 20.8 Å². The van der Waals surface area contributed by atoms with E-state index in [9.17, 15) is 19.5 Å². The standard InChI is InChI=1S/C14H17NO6/c16-12(17)7-6-10(13(18)19)15-11(14(20)21)8-9-4-2-1-3-5-9/h1-5,10-11,15H,6-8H2,(H,16,17)(H,18,19)(H,20,21). The van der Waals surface area contributed by atoms with E-state index in [1.165, 1.54) is 0 Å². The molecule has 0 heterocycles. The second-order valence-electron chi connectivity index (χ2n) is 4.57. The van der Waals surface area contributed by atoms with E-state index in [1.54, 1.807) is 30.3 Å². The van der Waals surface area contributed by atoms with Crippen LogP contribution >= 0.6 is 0 Å². The predicted molar refractivity (Wildman–Crippen MR) is 73.0 cm³/mol. The molecule has 0 amide bonds. The molecule has 2 unspecified atom stereocenters. The first-order valence-electron chi connectivity index (χ1n) is 6.37. The molecule has 4 N–H and O–H groups in total. The summed E-state index contributed by atoms with van der Waals surface area (Å²) in [7, 11) is 0. The second kappa shape index (κ2) is 8.01. The maximum atomic E-state index is 11.2. The van der Waals surface area contributed by atoms with Crippen molar-refractivity contribution in [2.24, 2.45) is 0 Å². The van der Waals surface area contributed by atoms with Crippen molar-refractivity contribution in [3.63, 3.8) is 0 Å². The first-order chi connectivity index (χ1) is 9.90. The summed E-state index contributed by atoms with van der Waals surface area (Å²) in [5, 5.41) is 29.3. The summed E-state index contributed by atoms with van der Waals surface area (Å²) in [5.41, 5.74) is 0.750. The molecule has 7 nitrogen and oxygen atoms in total. The van der Waals surface area contributed by atoms with Crippen molar-refractivity contribution in [2.75, 3.05) is 0 Å². The lowest BCUT2D eigenvalue weighted by molar-refractivity contribution is -0.142. The maximum Gasteiger partial charge on any atom is 0.321 e. The molecule has 0 aliphatic carbocycles. The molecule has 0 saturated carbocycles. The van der Waals surface area contributed by atoms with E-state index in [0.717, 1.165) is 5.56 Å². The van der Waals surface area contributed by atoms with Gasteiger partial charge in [-0.3, -0.25) is 19.7 Å². The predicted octanol–water partition coefficient (Wildman–Crippen LogP) is 0.590. The van der Waals surface area contributed by atoms with Crippen LogP contribution in [0.1, 0.15) is 18.4 Å². The zero-order chi connectivity index (χ0) is 15.8. The van der Waals surface area contributed by atoms with E-state index in [4.69, 9.17) is 10.2 Å². The molecule has 0 aliphatic rings. The van der Waals surface area contributed by atoms with Crippen molar-refractivity contribution in [3.8, 4) is 0 Å². The molecular formula is C14H17NO6. The third-order valence-corrected chi connectivity index (χ3v) is 2.93. The average Bonchev–Trinajstić information content (AvgIpc) is 2.42. The van der Waals surface area contributed by atoms with Crippen molar-refractivity contribution < 1.29 is 29.7 Å². The molecule has 0 spiro atoms. The Morgan fingerprint density at radius 1 is 0.952 bits per heavy atom. The van der Waals surface area contributed by atoms with Gasteiger partial charge in [-0.25, -0.2) is 0 Å². The fourth-order valence-corrected chi connectivity index (χ4v) is 1.86. The topological polar surface area (TPSA) is 124 Å². The quantitative estimate of drug-likeness (QED) is 0.525.